The summed E-state index contributed by atoms with van der Waals surface area (Å²) in [7, 11) is -9.51. The van der Waals surface area contributed by atoms with Gasteiger partial charge in [-0.3, -0.25) is 0 Å². The Kier molecular flexibility index (Phi) is 7.61. The predicted octanol–water partition coefficient (Wildman–Crippen LogP) is 12.8. The molecule has 1 heterocycles. The van der Waals surface area contributed by atoms with E-state index in [1.54, 1.807) is 0 Å². The summed E-state index contributed by atoms with van der Waals surface area (Å²) in [5.41, 5.74) is 7.41. The Balaban J connectivity index is 1.37. The lowest BCUT2D eigenvalue weighted by atomic mass is 9.85. The third kappa shape index (κ3) is 5.25. The molecule has 0 spiro atoms. The van der Waals surface area contributed by atoms with E-state index < -0.39 is 20.0 Å². The average molecular weight is 804 g/mol. The molecule has 0 saturated heterocycles. The molecule has 1 aliphatic rings. The van der Waals surface area contributed by atoms with E-state index in [2.05, 4.69) is 80.4 Å². The van der Waals surface area contributed by atoms with Gasteiger partial charge in [0, 0.05) is 22.3 Å². The highest BCUT2D eigenvalue weighted by atomic mass is 32.3. The van der Waals surface area contributed by atoms with Crippen LogP contribution in [0.5, 0.6) is 0 Å². The van der Waals surface area contributed by atoms with E-state index in [0.717, 1.165) is 76.1 Å². The van der Waals surface area contributed by atoms with Gasteiger partial charge in [-0.2, -0.15) is 0 Å². The molecular formula is C52H37NO4S2. The van der Waals surface area contributed by atoms with Crippen molar-refractivity contribution in [2.45, 2.75) is 37.5 Å². The maximum atomic E-state index is 15.3. The van der Waals surface area contributed by atoms with Crippen LogP contribution >= 0.6 is 0 Å². The normalized spacial score (nSPS) is 14.6. The second-order valence-corrected chi connectivity index (χ2v) is 19.6. The summed E-state index contributed by atoms with van der Waals surface area (Å²) in [6.45, 7) is 8.30. The van der Waals surface area contributed by atoms with E-state index in [-0.39, 0.29) is 9.79 Å². The number of rotatable bonds is 2. The molecule has 0 bridgehead atoms. The third-order valence-corrected chi connectivity index (χ3v) is 15.9. The predicted molar refractivity (Wildman–Crippen MR) is 244 cm³/mol. The van der Waals surface area contributed by atoms with E-state index in [0.29, 0.717) is 44.2 Å². The number of sulfonamides is 2. The van der Waals surface area contributed by atoms with Crippen LogP contribution in [0.15, 0.2) is 155 Å². The monoisotopic (exact) mass is 803 g/mol. The molecular weight excluding hydrogens is 767 g/mol. The van der Waals surface area contributed by atoms with Gasteiger partial charge >= 0.3 is 0 Å². The van der Waals surface area contributed by atoms with Gasteiger partial charge in [0.05, 0.1) is 9.79 Å². The maximum Gasteiger partial charge on any atom is 0.255 e. The number of hydrogen-bond acceptors (Lipinski definition) is 4. The Hall–Kier alpha value is -6.38. The van der Waals surface area contributed by atoms with Crippen molar-refractivity contribution >= 4 is 84.7 Å². The van der Waals surface area contributed by atoms with Crippen LogP contribution in [0.3, 0.4) is 0 Å². The fraction of sp³-hybridized carbons (Fsp3) is 0.0769. The molecule has 1 aliphatic heterocycles. The lowest BCUT2D eigenvalue weighted by Crippen LogP contribution is -2.30. The minimum Gasteiger partial charge on any atom is -0.206 e. The van der Waals surface area contributed by atoms with Gasteiger partial charge in [0.25, 0.3) is 20.0 Å². The van der Waals surface area contributed by atoms with Crippen LogP contribution in [0.1, 0.15) is 22.3 Å². The zero-order chi connectivity index (χ0) is 40.5. The van der Waals surface area contributed by atoms with Crippen molar-refractivity contribution < 1.29 is 16.8 Å². The minimum atomic E-state index is -4.76. The quantitative estimate of drug-likeness (QED) is 0.177. The smallest absolute Gasteiger partial charge is 0.206 e. The van der Waals surface area contributed by atoms with Gasteiger partial charge in [-0.05, 0) is 139 Å². The van der Waals surface area contributed by atoms with Gasteiger partial charge in [-0.15, -0.1) is 4.13 Å². The van der Waals surface area contributed by atoms with Crippen molar-refractivity contribution in [2.75, 3.05) is 0 Å². The molecule has 0 radical (unpaired) electrons. The average Bonchev–Trinajstić information content (AvgIpc) is 3.29. The van der Waals surface area contributed by atoms with Crippen LogP contribution in [-0.2, 0) is 20.0 Å². The standard InChI is InChI=1S/C52H37NO4S2/c1-29-21-31(3)41-27-45(39-19-11-9-17-37(39)43(41)23-29)47-25-33-13-5-7-15-35(33)49-50-36-16-8-6-14-34(36)26-48(52(50)59(56,57)53-58(54,55)51(47)49)46-28-42-32(4)22-30(2)24-44(42)38-18-10-12-20-40(38)46/h5-28,53H,1-4H3. The van der Waals surface area contributed by atoms with Gasteiger partial charge in [-0.1, -0.05) is 132 Å². The molecule has 0 aliphatic carbocycles. The van der Waals surface area contributed by atoms with Crippen molar-refractivity contribution in [2.24, 2.45) is 0 Å². The summed E-state index contributed by atoms with van der Waals surface area (Å²) in [5, 5.41) is 10.7. The molecule has 1 N–H and O–H groups in total. The van der Waals surface area contributed by atoms with Crippen molar-refractivity contribution in [3.05, 3.63) is 168 Å². The Morgan fingerprint density at radius 2 is 0.695 bits per heavy atom. The zero-order valence-electron chi connectivity index (χ0n) is 32.8. The van der Waals surface area contributed by atoms with Crippen LogP contribution in [0, 0.1) is 27.7 Å². The van der Waals surface area contributed by atoms with E-state index in [4.69, 9.17) is 0 Å². The maximum absolute atomic E-state index is 15.3. The van der Waals surface area contributed by atoms with Crippen molar-refractivity contribution in [1.29, 1.82) is 0 Å². The summed E-state index contributed by atoms with van der Waals surface area (Å²) in [6, 6.07) is 48.1. The first-order valence-corrected chi connectivity index (χ1v) is 22.6. The summed E-state index contributed by atoms with van der Waals surface area (Å²) in [5.74, 6) is 0. The number of aryl methyl sites for hydroxylation is 4. The molecule has 10 aromatic rings. The minimum absolute atomic E-state index is 0.0650. The SMILES string of the molecule is Cc1cc(C)c2cc(-c3cc4ccccc4c4c3S(=O)(=O)NS(=O)(=O)c3c(-c5cc6c(C)cc(C)cc6c6ccccc56)cc5ccccc5c3-4)c3ccccc3c2c1. The summed E-state index contributed by atoms with van der Waals surface area (Å²) >= 11 is 0. The lowest BCUT2D eigenvalue weighted by molar-refractivity contribution is 0.579. The van der Waals surface area contributed by atoms with Crippen LogP contribution in [0.25, 0.3) is 98.0 Å². The molecule has 0 fully saturated rings. The number of nitrogens with one attached hydrogen (secondary N) is 1. The number of fused-ring (bicyclic) bond motifs is 13. The summed E-state index contributed by atoms with van der Waals surface area (Å²) in [4.78, 5) is -0.130. The van der Waals surface area contributed by atoms with Gasteiger partial charge in [0.15, 0.2) is 0 Å². The van der Waals surface area contributed by atoms with E-state index in [1.807, 2.05) is 97.1 Å². The molecule has 0 atom stereocenters. The topological polar surface area (TPSA) is 80.3 Å². The van der Waals surface area contributed by atoms with Crippen molar-refractivity contribution in [1.82, 2.24) is 4.13 Å². The second kappa shape index (κ2) is 12.6. The highest BCUT2D eigenvalue weighted by Crippen LogP contribution is 2.53. The first-order chi connectivity index (χ1) is 28.4. The van der Waals surface area contributed by atoms with Crippen LogP contribution in [-0.4, -0.2) is 16.8 Å². The van der Waals surface area contributed by atoms with E-state index >= 15 is 16.8 Å². The number of hydrogen-bond donors (Lipinski definition) is 1. The molecule has 0 unspecified atom stereocenters. The Morgan fingerprint density at radius 1 is 0.339 bits per heavy atom. The molecule has 59 heavy (non-hydrogen) atoms. The number of benzene rings is 10. The van der Waals surface area contributed by atoms with Crippen LogP contribution in [0.4, 0.5) is 0 Å². The van der Waals surface area contributed by atoms with Crippen molar-refractivity contribution in [3.8, 4) is 33.4 Å². The molecule has 11 rings (SSSR count). The fourth-order valence-electron chi connectivity index (χ4n) is 9.92. The summed E-state index contributed by atoms with van der Waals surface area (Å²) < 4.78 is 63.4. The highest BCUT2D eigenvalue weighted by Gasteiger charge is 2.40. The Bertz CT molecular complexity index is 3530. The first kappa shape index (κ1) is 35.8. The largest absolute Gasteiger partial charge is 0.255 e. The second-order valence-electron chi connectivity index (χ2n) is 16.1. The lowest BCUT2D eigenvalue weighted by Gasteiger charge is -2.21. The first-order valence-electron chi connectivity index (χ1n) is 19.7. The Morgan fingerprint density at radius 3 is 1.10 bits per heavy atom. The molecule has 0 amide bonds. The third-order valence-electron chi connectivity index (χ3n) is 12.2. The van der Waals surface area contributed by atoms with Crippen molar-refractivity contribution in [3.63, 3.8) is 0 Å². The van der Waals surface area contributed by atoms with Gasteiger partial charge in [0.2, 0.25) is 0 Å². The zero-order valence-corrected chi connectivity index (χ0v) is 34.4. The van der Waals surface area contributed by atoms with Gasteiger partial charge in [0.1, 0.15) is 0 Å². The van der Waals surface area contributed by atoms with Crippen LogP contribution < -0.4 is 4.13 Å². The van der Waals surface area contributed by atoms with E-state index in [1.165, 1.54) is 0 Å². The Labute approximate surface area is 342 Å². The molecule has 0 saturated carbocycles. The fourth-order valence-corrected chi connectivity index (χ4v) is 13.6. The van der Waals surface area contributed by atoms with Crippen LogP contribution in [0.2, 0.25) is 0 Å². The molecule has 7 heteroatoms. The van der Waals surface area contributed by atoms with Gasteiger partial charge in [-0.25, -0.2) is 16.8 Å². The molecule has 286 valence electrons. The van der Waals surface area contributed by atoms with E-state index in [9.17, 15) is 0 Å². The highest BCUT2D eigenvalue weighted by molar-refractivity contribution is 8.05. The molecule has 0 aromatic heterocycles. The molecule has 5 nitrogen and oxygen atoms in total. The molecule has 10 aromatic carbocycles. The van der Waals surface area contributed by atoms with Gasteiger partial charge < -0.3 is 0 Å². The summed E-state index contributed by atoms with van der Waals surface area (Å²) in [6.07, 6.45) is 0.